The highest BCUT2D eigenvalue weighted by Gasteiger charge is 2.19. The van der Waals surface area contributed by atoms with E-state index in [0.717, 1.165) is 31.2 Å². The van der Waals surface area contributed by atoms with Gasteiger partial charge in [0.25, 0.3) is 11.8 Å². The maximum Gasteiger partial charge on any atom is 0.253 e. The second-order valence-electron chi connectivity index (χ2n) is 9.59. The number of anilines is 2. The van der Waals surface area contributed by atoms with Crippen LogP contribution in [0.3, 0.4) is 0 Å². The summed E-state index contributed by atoms with van der Waals surface area (Å²) >= 11 is 6.28. The van der Waals surface area contributed by atoms with Crippen LogP contribution >= 0.6 is 11.6 Å². The first kappa shape index (κ1) is 27.2. The number of carbonyl (C=O) groups excluding carboxylic acids is 3. The average molecular weight is 533 g/mol. The topological polar surface area (TPSA) is 99.3 Å². The molecule has 3 aromatic carbocycles. The second-order valence-corrected chi connectivity index (χ2v) is 10.00. The van der Waals surface area contributed by atoms with Crippen molar-refractivity contribution in [2.45, 2.75) is 51.1 Å². The van der Waals surface area contributed by atoms with Gasteiger partial charge in [-0.05, 0) is 67.8 Å². The van der Waals surface area contributed by atoms with Gasteiger partial charge in [0.15, 0.2) is 0 Å². The molecule has 1 unspecified atom stereocenters. The Bertz CT molecular complexity index is 1260. The highest BCUT2D eigenvalue weighted by molar-refractivity contribution is 6.34. The third kappa shape index (κ3) is 7.59. The molecule has 1 fully saturated rings. The van der Waals surface area contributed by atoms with E-state index in [9.17, 15) is 14.4 Å². The van der Waals surface area contributed by atoms with Gasteiger partial charge in [-0.1, -0.05) is 61.2 Å². The molecule has 0 aliphatic heterocycles. The van der Waals surface area contributed by atoms with Gasteiger partial charge < -0.3 is 21.3 Å². The van der Waals surface area contributed by atoms with Crippen molar-refractivity contribution in [2.24, 2.45) is 0 Å². The molecular weight excluding hydrogens is 500 g/mol. The number of amides is 3. The van der Waals surface area contributed by atoms with E-state index >= 15 is 0 Å². The molecule has 8 heteroatoms. The van der Waals surface area contributed by atoms with E-state index in [1.165, 1.54) is 6.42 Å². The molecule has 1 saturated carbocycles. The van der Waals surface area contributed by atoms with Crippen molar-refractivity contribution in [1.29, 1.82) is 0 Å². The maximum absolute atomic E-state index is 12.7. The molecule has 1 aliphatic rings. The van der Waals surface area contributed by atoms with E-state index in [1.54, 1.807) is 42.5 Å². The summed E-state index contributed by atoms with van der Waals surface area (Å²) in [6, 6.07) is 21.6. The first-order valence-electron chi connectivity index (χ1n) is 13.0. The van der Waals surface area contributed by atoms with Gasteiger partial charge in [0.2, 0.25) is 5.91 Å². The number of halogens is 1. The molecule has 1 aliphatic carbocycles. The summed E-state index contributed by atoms with van der Waals surface area (Å²) in [6.07, 6.45) is 5.43. The number of carbonyl (C=O) groups is 3. The summed E-state index contributed by atoms with van der Waals surface area (Å²) in [5, 5.41) is 12.3. The molecule has 0 spiro atoms. The summed E-state index contributed by atoms with van der Waals surface area (Å²) in [4.78, 5) is 37.8. The van der Waals surface area contributed by atoms with E-state index < -0.39 is 0 Å². The lowest BCUT2D eigenvalue weighted by molar-refractivity contribution is -0.114. The summed E-state index contributed by atoms with van der Waals surface area (Å²) in [5.74, 6) is -0.646. The number of benzene rings is 3. The van der Waals surface area contributed by atoms with Gasteiger partial charge in [-0.2, -0.15) is 0 Å². The predicted molar refractivity (Wildman–Crippen MR) is 152 cm³/mol. The Hall–Kier alpha value is -3.84. The molecule has 3 aromatic rings. The molecule has 0 heterocycles. The number of rotatable bonds is 9. The van der Waals surface area contributed by atoms with Gasteiger partial charge in [-0.15, -0.1) is 0 Å². The van der Waals surface area contributed by atoms with Crippen molar-refractivity contribution in [3.8, 4) is 0 Å². The first-order valence-corrected chi connectivity index (χ1v) is 13.4. The second kappa shape index (κ2) is 13.1. The Morgan fingerprint density at radius 2 is 1.55 bits per heavy atom. The van der Waals surface area contributed by atoms with Gasteiger partial charge in [0.1, 0.15) is 0 Å². The molecular formula is C30H33ClN4O3. The lowest BCUT2D eigenvalue weighted by Gasteiger charge is -2.23. The fourth-order valence-electron chi connectivity index (χ4n) is 4.52. The van der Waals surface area contributed by atoms with Gasteiger partial charge in [0, 0.05) is 23.0 Å². The SMILES string of the molecule is CC(NC(=O)c1ccc(NC(=O)CNc2ccc(Cl)c(C(=O)NC3CCCCC3)c2)cc1)c1ccccc1. The summed E-state index contributed by atoms with van der Waals surface area (Å²) < 4.78 is 0. The number of nitrogens with one attached hydrogen (secondary N) is 4. The zero-order chi connectivity index (χ0) is 26.9. The molecule has 4 rings (SSSR count). The average Bonchev–Trinajstić information content (AvgIpc) is 2.94. The third-order valence-electron chi connectivity index (χ3n) is 6.68. The molecule has 0 saturated heterocycles. The molecule has 0 aromatic heterocycles. The van der Waals surface area contributed by atoms with Crippen LogP contribution in [-0.2, 0) is 4.79 Å². The summed E-state index contributed by atoms with van der Waals surface area (Å²) in [6.45, 7) is 1.93. The van der Waals surface area contributed by atoms with Crippen molar-refractivity contribution in [2.75, 3.05) is 17.2 Å². The van der Waals surface area contributed by atoms with E-state index in [4.69, 9.17) is 11.6 Å². The Morgan fingerprint density at radius 3 is 2.26 bits per heavy atom. The van der Waals surface area contributed by atoms with Crippen molar-refractivity contribution in [3.05, 3.63) is 94.5 Å². The van der Waals surface area contributed by atoms with Crippen LogP contribution in [0, 0.1) is 0 Å². The van der Waals surface area contributed by atoms with E-state index in [0.29, 0.717) is 27.5 Å². The van der Waals surface area contributed by atoms with Crippen molar-refractivity contribution in [3.63, 3.8) is 0 Å². The molecule has 38 heavy (non-hydrogen) atoms. The van der Waals surface area contributed by atoms with Crippen molar-refractivity contribution < 1.29 is 14.4 Å². The monoisotopic (exact) mass is 532 g/mol. The van der Waals surface area contributed by atoms with Crippen LogP contribution in [-0.4, -0.2) is 30.3 Å². The Kier molecular flexibility index (Phi) is 9.38. The number of hydrogen-bond acceptors (Lipinski definition) is 4. The molecule has 4 N–H and O–H groups in total. The molecule has 7 nitrogen and oxygen atoms in total. The third-order valence-corrected chi connectivity index (χ3v) is 7.01. The normalized spacial score (nSPS) is 14.3. The lowest BCUT2D eigenvalue weighted by Crippen LogP contribution is -2.36. The van der Waals surface area contributed by atoms with Gasteiger partial charge in [-0.3, -0.25) is 14.4 Å². The zero-order valence-corrected chi connectivity index (χ0v) is 22.2. The van der Waals surface area contributed by atoms with E-state index in [2.05, 4.69) is 21.3 Å². The zero-order valence-electron chi connectivity index (χ0n) is 21.4. The van der Waals surface area contributed by atoms with Crippen molar-refractivity contribution >= 4 is 40.7 Å². The molecule has 3 amide bonds. The molecule has 0 radical (unpaired) electrons. The van der Waals surface area contributed by atoms with Crippen LogP contribution in [0.5, 0.6) is 0 Å². The quantitative estimate of drug-likeness (QED) is 0.274. The fraction of sp³-hybridized carbons (Fsp3) is 0.300. The lowest BCUT2D eigenvalue weighted by atomic mass is 9.95. The Labute approximate surface area is 228 Å². The van der Waals surface area contributed by atoms with Crippen LogP contribution in [0.4, 0.5) is 11.4 Å². The van der Waals surface area contributed by atoms with Crippen LogP contribution in [0.15, 0.2) is 72.8 Å². The van der Waals surface area contributed by atoms with Gasteiger partial charge >= 0.3 is 0 Å². The minimum atomic E-state index is -0.261. The smallest absolute Gasteiger partial charge is 0.253 e. The van der Waals surface area contributed by atoms with Gasteiger partial charge in [-0.25, -0.2) is 0 Å². The molecule has 198 valence electrons. The minimum Gasteiger partial charge on any atom is -0.376 e. The summed E-state index contributed by atoms with van der Waals surface area (Å²) in [7, 11) is 0. The highest BCUT2D eigenvalue weighted by Crippen LogP contribution is 2.23. The fourth-order valence-corrected chi connectivity index (χ4v) is 4.72. The Morgan fingerprint density at radius 1 is 0.868 bits per heavy atom. The van der Waals surface area contributed by atoms with E-state index in [1.807, 2.05) is 37.3 Å². The van der Waals surface area contributed by atoms with Crippen LogP contribution in [0.1, 0.15) is 71.3 Å². The van der Waals surface area contributed by atoms with Crippen LogP contribution in [0.2, 0.25) is 5.02 Å². The number of hydrogen-bond donors (Lipinski definition) is 4. The van der Waals surface area contributed by atoms with Crippen molar-refractivity contribution in [1.82, 2.24) is 10.6 Å². The minimum absolute atomic E-state index is 0.00213. The van der Waals surface area contributed by atoms with Crippen LogP contribution < -0.4 is 21.3 Å². The standard InChI is InChI=1S/C30H33ClN4O3/c1-20(21-8-4-2-5-9-21)33-29(37)22-12-14-24(15-13-22)34-28(36)19-32-25-16-17-27(31)26(18-25)30(38)35-23-10-6-3-7-11-23/h2,4-5,8-9,12-18,20,23,32H,3,6-7,10-11,19H2,1H3,(H,33,37)(H,34,36)(H,35,38). The molecule has 1 atom stereocenters. The maximum atomic E-state index is 12.7. The molecule has 0 bridgehead atoms. The Balaban J connectivity index is 1.27. The van der Waals surface area contributed by atoms with Gasteiger partial charge in [0.05, 0.1) is 23.2 Å². The highest BCUT2D eigenvalue weighted by atomic mass is 35.5. The first-order chi connectivity index (χ1) is 18.4. The largest absolute Gasteiger partial charge is 0.376 e. The summed E-state index contributed by atoms with van der Waals surface area (Å²) in [5.41, 5.74) is 3.11. The van der Waals surface area contributed by atoms with E-state index in [-0.39, 0.29) is 36.3 Å². The predicted octanol–water partition coefficient (Wildman–Crippen LogP) is 5.94. The van der Waals surface area contributed by atoms with Crippen LogP contribution in [0.25, 0.3) is 0 Å².